The average molecular weight is 547 g/mol. The number of carbonyl (C=O) groups excluding carboxylic acids is 2. The zero-order chi connectivity index (χ0) is 25.3. The van der Waals surface area contributed by atoms with Crippen LogP contribution >= 0.6 is 23.2 Å². The molecule has 6 aliphatic rings. The van der Waals surface area contributed by atoms with E-state index in [1.807, 2.05) is 0 Å². The highest BCUT2D eigenvalue weighted by atomic mass is 35.5. The molecule has 204 valence electrons. The van der Waals surface area contributed by atoms with Gasteiger partial charge in [0.15, 0.2) is 0 Å². The van der Waals surface area contributed by atoms with Gasteiger partial charge in [0.25, 0.3) is 0 Å². The predicted octanol–water partition coefficient (Wildman–Crippen LogP) is 4.40. The van der Waals surface area contributed by atoms with Crippen LogP contribution in [0.2, 0.25) is 0 Å². The van der Waals surface area contributed by atoms with Gasteiger partial charge in [-0.25, -0.2) is 4.39 Å². The average Bonchev–Trinajstić information content (AvgIpc) is 2.90. The van der Waals surface area contributed by atoms with Crippen LogP contribution in [-0.4, -0.2) is 89.0 Å². The van der Waals surface area contributed by atoms with E-state index in [0.29, 0.717) is 30.2 Å². The third-order valence-corrected chi connectivity index (χ3v) is 10.9. The molecule has 2 amide bonds. The maximum Gasteiger partial charge on any atom is 0.246 e. The molecule has 1 heterocycles. The molecule has 6 nitrogen and oxygen atoms in total. The molecule has 1 saturated heterocycles. The minimum Gasteiger partial charge on any atom is -0.368 e. The molecule has 0 spiro atoms. The summed E-state index contributed by atoms with van der Waals surface area (Å²) in [4.78, 5) is 31.0. The summed E-state index contributed by atoms with van der Waals surface area (Å²) in [6.07, 6.45) is 9.86. The summed E-state index contributed by atoms with van der Waals surface area (Å²) in [6, 6.07) is 0.627. The van der Waals surface area contributed by atoms with E-state index >= 15 is 0 Å². The lowest BCUT2D eigenvalue weighted by Crippen LogP contribution is -2.62. The van der Waals surface area contributed by atoms with Crippen molar-refractivity contribution < 1.29 is 18.7 Å². The molecule has 3 atom stereocenters. The summed E-state index contributed by atoms with van der Waals surface area (Å²) in [6.45, 7) is 3.55. The van der Waals surface area contributed by atoms with Crippen LogP contribution in [0.5, 0.6) is 0 Å². The van der Waals surface area contributed by atoms with Gasteiger partial charge in [0.1, 0.15) is 12.8 Å². The van der Waals surface area contributed by atoms with Crippen molar-refractivity contribution in [3.05, 3.63) is 0 Å². The highest BCUT2D eigenvalue weighted by Gasteiger charge is 2.54. The van der Waals surface area contributed by atoms with Crippen molar-refractivity contribution in [3.8, 4) is 0 Å². The molecule has 0 aromatic carbocycles. The normalized spacial score (nSPS) is 41.8. The van der Waals surface area contributed by atoms with Crippen molar-refractivity contribution in [2.75, 3.05) is 32.8 Å². The van der Waals surface area contributed by atoms with E-state index in [1.165, 1.54) is 12.8 Å². The number of amides is 2. The van der Waals surface area contributed by atoms with E-state index in [9.17, 15) is 14.0 Å². The molecule has 1 aliphatic heterocycles. The third kappa shape index (κ3) is 5.84. The Balaban J connectivity index is 1.06. The number of halogens is 3. The van der Waals surface area contributed by atoms with Crippen molar-refractivity contribution >= 4 is 35.0 Å². The first kappa shape index (κ1) is 27.0. The minimum absolute atomic E-state index is 0.0347. The lowest BCUT2D eigenvalue weighted by molar-refractivity contribution is -0.153. The first-order valence-corrected chi connectivity index (χ1v) is 15.0. The van der Waals surface area contributed by atoms with Gasteiger partial charge in [-0.1, -0.05) is 0 Å². The quantitative estimate of drug-likeness (QED) is 0.502. The largest absolute Gasteiger partial charge is 0.368 e. The van der Waals surface area contributed by atoms with Crippen LogP contribution in [0.4, 0.5) is 4.39 Å². The summed E-state index contributed by atoms with van der Waals surface area (Å²) in [5.41, 5.74) is -0.475. The van der Waals surface area contributed by atoms with Crippen LogP contribution < -0.4 is 5.32 Å². The van der Waals surface area contributed by atoms with Gasteiger partial charge in [-0.15, -0.1) is 23.2 Å². The van der Waals surface area contributed by atoms with Crippen LogP contribution in [0, 0.1) is 5.41 Å². The van der Waals surface area contributed by atoms with E-state index in [-0.39, 0.29) is 36.0 Å². The zero-order valence-corrected chi connectivity index (χ0v) is 22.9. The second-order valence-corrected chi connectivity index (χ2v) is 13.3. The minimum atomic E-state index is -1.07. The fourth-order valence-corrected chi connectivity index (χ4v) is 7.92. The van der Waals surface area contributed by atoms with Gasteiger partial charge in [-0.05, 0) is 77.0 Å². The second kappa shape index (κ2) is 11.2. The number of nitrogens with one attached hydrogen (secondary N) is 1. The summed E-state index contributed by atoms with van der Waals surface area (Å²) in [5.74, 6) is 0.212. The summed E-state index contributed by atoms with van der Waals surface area (Å²) in [7, 11) is 0. The van der Waals surface area contributed by atoms with Crippen LogP contribution in [-0.2, 0) is 14.3 Å². The zero-order valence-electron chi connectivity index (χ0n) is 21.4. The van der Waals surface area contributed by atoms with Crippen molar-refractivity contribution in [1.29, 1.82) is 0 Å². The number of ether oxygens (including phenoxy) is 1. The molecule has 6 fully saturated rings. The molecular formula is C27H42Cl2FN3O3. The Labute approximate surface area is 224 Å². The van der Waals surface area contributed by atoms with Crippen LogP contribution in [0.25, 0.3) is 0 Å². The number of alkyl halides is 3. The lowest BCUT2D eigenvalue weighted by Gasteiger charge is -2.54. The van der Waals surface area contributed by atoms with E-state index in [0.717, 1.165) is 77.5 Å². The van der Waals surface area contributed by atoms with E-state index in [2.05, 4.69) is 15.1 Å². The molecule has 2 bridgehead atoms. The van der Waals surface area contributed by atoms with Gasteiger partial charge in [0.05, 0.1) is 11.5 Å². The van der Waals surface area contributed by atoms with Crippen molar-refractivity contribution in [3.63, 3.8) is 0 Å². The summed E-state index contributed by atoms with van der Waals surface area (Å²) < 4.78 is 19.6. The summed E-state index contributed by atoms with van der Waals surface area (Å²) >= 11 is 12.2. The molecule has 5 saturated carbocycles. The molecule has 36 heavy (non-hydrogen) atoms. The van der Waals surface area contributed by atoms with Gasteiger partial charge in [-0.2, -0.15) is 0 Å². The Hall–Kier alpha value is -0.630. The van der Waals surface area contributed by atoms with Gasteiger partial charge in [0, 0.05) is 55.0 Å². The van der Waals surface area contributed by atoms with Crippen LogP contribution in [0.1, 0.15) is 83.5 Å². The number of hydrogen-bond donors (Lipinski definition) is 1. The SMILES string of the molecule is O=C(COC1CCC(Cl)C(F)C1)NC12CCC(C(=O)N3CCN(C4CCC(Cl)CC4)CC3)(CC1)CC2. The van der Waals surface area contributed by atoms with Crippen LogP contribution in [0.15, 0.2) is 0 Å². The number of carbonyl (C=O) groups is 2. The second-order valence-electron chi connectivity index (χ2n) is 12.1. The van der Waals surface area contributed by atoms with Gasteiger partial charge in [-0.3, -0.25) is 14.5 Å². The maximum absolute atomic E-state index is 13.8. The fourth-order valence-electron chi connectivity index (χ4n) is 7.44. The fraction of sp³-hybridized carbons (Fsp3) is 0.926. The molecular weight excluding hydrogens is 504 g/mol. The number of piperazine rings is 1. The molecule has 5 aliphatic carbocycles. The maximum atomic E-state index is 13.8. The Morgan fingerprint density at radius 2 is 1.53 bits per heavy atom. The molecule has 3 unspecified atom stereocenters. The lowest BCUT2D eigenvalue weighted by atomic mass is 9.56. The van der Waals surface area contributed by atoms with E-state index < -0.39 is 11.5 Å². The van der Waals surface area contributed by atoms with Crippen molar-refractivity contribution in [1.82, 2.24) is 15.1 Å². The monoisotopic (exact) mass is 545 g/mol. The van der Waals surface area contributed by atoms with Gasteiger partial charge < -0.3 is 15.0 Å². The number of fused-ring (bicyclic) bond motifs is 3. The predicted molar refractivity (Wildman–Crippen MR) is 139 cm³/mol. The topological polar surface area (TPSA) is 61.9 Å². The van der Waals surface area contributed by atoms with Crippen molar-refractivity contribution in [2.45, 2.75) is 118 Å². The van der Waals surface area contributed by atoms with E-state index in [1.54, 1.807) is 0 Å². The first-order chi connectivity index (χ1) is 17.3. The standard InChI is InChI=1S/C27H42Cl2FN3O3/c28-19-1-3-20(4-2-19)32-13-15-33(16-14-32)25(35)26-7-10-27(11-8-26,12-9-26)31-24(34)18-36-21-5-6-22(29)23(30)17-21/h19-23H,1-18H2,(H,31,34). The smallest absolute Gasteiger partial charge is 0.246 e. The Morgan fingerprint density at radius 1 is 0.889 bits per heavy atom. The molecule has 0 aromatic heterocycles. The highest BCUT2D eigenvalue weighted by molar-refractivity contribution is 6.21. The summed E-state index contributed by atoms with van der Waals surface area (Å²) in [5, 5.41) is 3.13. The Bertz CT molecular complexity index is 777. The van der Waals surface area contributed by atoms with Crippen molar-refractivity contribution in [2.24, 2.45) is 5.41 Å². The third-order valence-electron chi connectivity index (χ3n) is 9.94. The molecule has 6 rings (SSSR count). The Kier molecular flexibility index (Phi) is 8.41. The van der Waals surface area contributed by atoms with Crippen LogP contribution in [0.3, 0.4) is 0 Å². The molecule has 9 heteroatoms. The molecule has 0 aromatic rings. The number of hydrogen-bond acceptors (Lipinski definition) is 4. The first-order valence-electron chi connectivity index (χ1n) is 14.2. The van der Waals surface area contributed by atoms with E-state index in [4.69, 9.17) is 27.9 Å². The van der Waals surface area contributed by atoms with Gasteiger partial charge in [0.2, 0.25) is 11.8 Å². The number of rotatable bonds is 6. The highest BCUT2D eigenvalue weighted by Crippen LogP contribution is 2.53. The molecule has 0 radical (unpaired) electrons. The van der Waals surface area contributed by atoms with Gasteiger partial charge >= 0.3 is 0 Å². The Morgan fingerprint density at radius 3 is 2.14 bits per heavy atom. The number of nitrogens with zero attached hydrogens (tertiary/aromatic N) is 2. The molecule has 1 N–H and O–H groups in total.